The van der Waals surface area contributed by atoms with Crippen molar-refractivity contribution in [2.45, 2.75) is 31.0 Å². The normalized spacial score (nSPS) is 11.8. The number of nitrogens with zero attached hydrogens (tertiary/aromatic N) is 3. The van der Waals surface area contributed by atoms with Gasteiger partial charge in [-0.05, 0) is 12.8 Å². The van der Waals surface area contributed by atoms with Gasteiger partial charge < -0.3 is 5.11 Å². The molecule has 0 spiro atoms. The van der Waals surface area contributed by atoms with Gasteiger partial charge in [-0.15, -0.1) is 10.2 Å². The van der Waals surface area contributed by atoms with E-state index in [-0.39, 0.29) is 10.9 Å². The summed E-state index contributed by atoms with van der Waals surface area (Å²) in [7, 11) is -3.65. The maximum Gasteiger partial charge on any atom is 0.313 e. The molecule has 0 unspecified atom stereocenters. The Labute approximate surface area is 132 Å². The van der Waals surface area contributed by atoms with E-state index in [2.05, 4.69) is 14.9 Å². The molecule has 2 N–H and O–H groups in total. The zero-order valence-corrected chi connectivity index (χ0v) is 14.2. The van der Waals surface area contributed by atoms with Gasteiger partial charge >= 0.3 is 16.2 Å². The van der Waals surface area contributed by atoms with E-state index < -0.39 is 16.2 Å². The number of thioether (sulfide) groups is 1. The summed E-state index contributed by atoms with van der Waals surface area (Å²) < 4.78 is 28.6. The van der Waals surface area contributed by atoms with Crippen LogP contribution in [0.25, 0.3) is 0 Å². The smallest absolute Gasteiger partial charge is 0.313 e. The molecule has 0 fully saturated rings. The Morgan fingerprint density at radius 1 is 1.33 bits per heavy atom. The molecule has 21 heavy (non-hydrogen) atoms. The van der Waals surface area contributed by atoms with Crippen molar-refractivity contribution >= 4 is 44.4 Å². The molecular formula is C10H18N4O4S3. The maximum absolute atomic E-state index is 12.2. The Morgan fingerprint density at radius 3 is 2.48 bits per heavy atom. The fraction of sp³-hybridized carbons (Fsp3) is 0.700. The van der Waals surface area contributed by atoms with Crippen molar-refractivity contribution < 1.29 is 18.3 Å². The Kier molecular flexibility index (Phi) is 7.35. The lowest BCUT2D eigenvalue weighted by atomic mass is 10.4. The standard InChI is InChI=1S/C10H18N4O4S3/c1-3-5-14(6-4-2)21(17,18)13-9-11-12-10(20-9)19-7-8(15)16/h3-7H2,1-2H3,(H,11,13)(H,15,16). The second kappa shape index (κ2) is 8.51. The summed E-state index contributed by atoms with van der Waals surface area (Å²) in [6.07, 6.45) is 1.44. The summed E-state index contributed by atoms with van der Waals surface area (Å²) in [5, 5.41) is 16.2. The number of nitrogens with one attached hydrogen (secondary N) is 1. The van der Waals surface area contributed by atoms with E-state index in [9.17, 15) is 13.2 Å². The molecule has 11 heteroatoms. The first kappa shape index (κ1) is 18.1. The Balaban J connectivity index is 2.71. The molecule has 0 radical (unpaired) electrons. The highest BCUT2D eigenvalue weighted by molar-refractivity contribution is 8.01. The fourth-order valence-corrected chi connectivity index (χ4v) is 4.50. The van der Waals surface area contributed by atoms with Crippen LogP contribution in [0.4, 0.5) is 5.13 Å². The highest BCUT2D eigenvalue weighted by atomic mass is 32.2. The third kappa shape index (κ3) is 6.16. The van der Waals surface area contributed by atoms with Crippen molar-refractivity contribution in [3.8, 4) is 0 Å². The zero-order chi connectivity index (χ0) is 15.9. The number of carboxylic acid groups (broad SMARTS) is 1. The first-order valence-electron chi connectivity index (χ1n) is 6.35. The molecule has 1 heterocycles. The number of rotatable bonds is 10. The van der Waals surface area contributed by atoms with Crippen LogP contribution in [-0.4, -0.2) is 52.8 Å². The highest BCUT2D eigenvalue weighted by Crippen LogP contribution is 2.26. The van der Waals surface area contributed by atoms with Gasteiger partial charge in [0, 0.05) is 13.1 Å². The maximum atomic E-state index is 12.2. The van der Waals surface area contributed by atoms with E-state index in [1.54, 1.807) is 0 Å². The molecule has 0 saturated heterocycles. The van der Waals surface area contributed by atoms with Gasteiger partial charge in [0.05, 0.1) is 5.75 Å². The minimum Gasteiger partial charge on any atom is -0.481 e. The molecule has 0 aliphatic heterocycles. The van der Waals surface area contributed by atoms with Crippen LogP contribution in [0.5, 0.6) is 0 Å². The van der Waals surface area contributed by atoms with Gasteiger partial charge in [-0.25, -0.2) is 4.72 Å². The van der Waals surface area contributed by atoms with Crippen molar-refractivity contribution in [2.24, 2.45) is 0 Å². The predicted octanol–water partition coefficient (Wildman–Crippen LogP) is 1.49. The van der Waals surface area contributed by atoms with Crippen LogP contribution in [0.15, 0.2) is 4.34 Å². The monoisotopic (exact) mass is 354 g/mol. The number of carboxylic acids is 1. The molecule has 0 bridgehead atoms. The first-order valence-corrected chi connectivity index (χ1v) is 9.59. The van der Waals surface area contributed by atoms with Gasteiger partial charge in [-0.2, -0.15) is 12.7 Å². The second-order valence-corrected chi connectivity index (χ2v) is 7.93. The average Bonchev–Trinajstić information content (AvgIpc) is 2.83. The largest absolute Gasteiger partial charge is 0.481 e. The van der Waals surface area contributed by atoms with Crippen molar-refractivity contribution in [1.29, 1.82) is 0 Å². The van der Waals surface area contributed by atoms with E-state index in [1.165, 1.54) is 4.31 Å². The lowest BCUT2D eigenvalue weighted by molar-refractivity contribution is -0.133. The number of hydrogen-bond donors (Lipinski definition) is 2. The van der Waals surface area contributed by atoms with E-state index in [0.29, 0.717) is 17.4 Å². The summed E-state index contributed by atoms with van der Waals surface area (Å²) in [6.45, 7) is 4.68. The first-order chi connectivity index (χ1) is 9.89. The van der Waals surface area contributed by atoms with Gasteiger partial charge in [0.2, 0.25) is 5.13 Å². The summed E-state index contributed by atoms with van der Waals surface area (Å²) in [6, 6.07) is 0. The van der Waals surface area contributed by atoms with Crippen LogP contribution in [0, 0.1) is 0 Å². The van der Waals surface area contributed by atoms with Gasteiger partial charge in [-0.1, -0.05) is 36.9 Å². The highest BCUT2D eigenvalue weighted by Gasteiger charge is 2.22. The van der Waals surface area contributed by atoms with Crippen molar-refractivity contribution in [3.63, 3.8) is 0 Å². The van der Waals surface area contributed by atoms with E-state index in [1.807, 2.05) is 13.8 Å². The second-order valence-electron chi connectivity index (χ2n) is 4.06. The third-order valence-electron chi connectivity index (χ3n) is 2.23. The van der Waals surface area contributed by atoms with Gasteiger partial charge in [0.25, 0.3) is 0 Å². The minimum atomic E-state index is -3.65. The van der Waals surface area contributed by atoms with Crippen molar-refractivity contribution in [3.05, 3.63) is 0 Å². The molecule has 0 amide bonds. The summed E-state index contributed by atoms with van der Waals surface area (Å²) in [5.74, 6) is -1.10. The van der Waals surface area contributed by atoms with Crippen molar-refractivity contribution in [2.75, 3.05) is 23.6 Å². The number of aliphatic carboxylic acids is 1. The molecule has 8 nitrogen and oxygen atoms in total. The minimum absolute atomic E-state index is 0.139. The van der Waals surface area contributed by atoms with E-state index in [0.717, 1.165) is 35.9 Å². The SMILES string of the molecule is CCCN(CCC)S(=O)(=O)Nc1nnc(SCC(=O)O)s1. The molecule has 1 rings (SSSR count). The molecule has 120 valence electrons. The van der Waals surface area contributed by atoms with Crippen LogP contribution in [0.1, 0.15) is 26.7 Å². The Bertz CT molecular complexity index is 554. The Morgan fingerprint density at radius 2 is 1.95 bits per heavy atom. The van der Waals surface area contributed by atoms with E-state index in [4.69, 9.17) is 5.11 Å². The zero-order valence-electron chi connectivity index (χ0n) is 11.8. The summed E-state index contributed by atoms with van der Waals surface area (Å²) in [4.78, 5) is 10.5. The lowest BCUT2D eigenvalue weighted by Crippen LogP contribution is -2.37. The molecule has 1 aromatic rings. The lowest BCUT2D eigenvalue weighted by Gasteiger charge is -2.20. The van der Waals surface area contributed by atoms with Gasteiger partial charge in [0.1, 0.15) is 0 Å². The number of carbonyl (C=O) groups is 1. The van der Waals surface area contributed by atoms with Gasteiger partial charge in [0.15, 0.2) is 4.34 Å². The van der Waals surface area contributed by atoms with Crippen LogP contribution < -0.4 is 4.72 Å². The number of anilines is 1. The van der Waals surface area contributed by atoms with Crippen LogP contribution in [0.3, 0.4) is 0 Å². The Hall–Kier alpha value is -0.910. The number of hydrogen-bond acceptors (Lipinski definition) is 7. The predicted molar refractivity (Wildman–Crippen MR) is 83.0 cm³/mol. The van der Waals surface area contributed by atoms with Gasteiger partial charge in [-0.3, -0.25) is 4.79 Å². The third-order valence-corrected chi connectivity index (χ3v) is 5.81. The molecular weight excluding hydrogens is 336 g/mol. The van der Waals surface area contributed by atoms with Crippen LogP contribution in [0.2, 0.25) is 0 Å². The fourth-order valence-electron chi connectivity index (χ4n) is 1.46. The molecule has 1 aromatic heterocycles. The molecule has 0 atom stereocenters. The van der Waals surface area contributed by atoms with E-state index >= 15 is 0 Å². The average molecular weight is 354 g/mol. The molecule has 0 aromatic carbocycles. The molecule has 0 saturated carbocycles. The quantitative estimate of drug-likeness (QED) is 0.612. The molecule has 0 aliphatic carbocycles. The summed E-state index contributed by atoms with van der Waals surface area (Å²) >= 11 is 2.02. The topological polar surface area (TPSA) is 112 Å². The summed E-state index contributed by atoms with van der Waals surface area (Å²) in [5.41, 5.74) is 0. The van der Waals surface area contributed by atoms with Crippen molar-refractivity contribution in [1.82, 2.24) is 14.5 Å². The van der Waals surface area contributed by atoms with Crippen LogP contribution in [-0.2, 0) is 15.0 Å². The number of aromatic nitrogens is 2. The molecule has 0 aliphatic rings. The van der Waals surface area contributed by atoms with Crippen LogP contribution >= 0.6 is 23.1 Å².